The Morgan fingerprint density at radius 3 is 2.69 bits per heavy atom. The summed E-state index contributed by atoms with van der Waals surface area (Å²) >= 11 is 12.5. The Morgan fingerprint density at radius 2 is 2.08 bits per heavy atom. The van der Waals surface area contributed by atoms with Crippen molar-refractivity contribution in [1.29, 1.82) is 0 Å². The molecule has 2 aliphatic rings. The number of hydrogen-bond donors (Lipinski definition) is 1. The van der Waals surface area contributed by atoms with E-state index in [2.05, 4.69) is 5.32 Å². The lowest BCUT2D eigenvalue weighted by Crippen LogP contribution is -2.46. The average molecular weight is 399 g/mol. The van der Waals surface area contributed by atoms with Crippen molar-refractivity contribution in [2.45, 2.75) is 31.6 Å². The molecule has 1 atom stereocenters. The van der Waals surface area contributed by atoms with E-state index in [-0.39, 0.29) is 29.6 Å². The van der Waals surface area contributed by atoms with Crippen molar-refractivity contribution < 1.29 is 14.3 Å². The number of carbonyl (C=O) groups is 2. The first-order valence-electron chi connectivity index (χ1n) is 9.04. The van der Waals surface area contributed by atoms with Gasteiger partial charge in [0.25, 0.3) is 0 Å². The van der Waals surface area contributed by atoms with Gasteiger partial charge in [-0.05, 0) is 37.5 Å². The summed E-state index contributed by atoms with van der Waals surface area (Å²) in [5, 5.41) is 4.28. The highest BCUT2D eigenvalue weighted by atomic mass is 35.5. The summed E-state index contributed by atoms with van der Waals surface area (Å²) in [6, 6.07) is 5.52. The van der Waals surface area contributed by atoms with Gasteiger partial charge >= 0.3 is 0 Å². The Morgan fingerprint density at radius 1 is 1.35 bits per heavy atom. The molecule has 1 aromatic rings. The molecule has 7 heteroatoms. The number of ether oxygens (including phenoxy) is 1. The molecule has 1 N–H and O–H groups in total. The summed E-state index contributed by atoms with van der Waals surface area (Å²) in [5.41, 5.74) is 0.715. The van der Waals surface area contributed by atoms with Gasteiger partial charge < -0.3 is 15.0 Å². The quantitative estimate of drug-likeness (QED) is 0.828. The standard InChI is InChI=1S/C19H24Cl2N2O3/c1-2-23-11-13(9-17(23)24)18(25)22-12-19(5-7-26-8-6-19)15-4-3-14(20)10-16(15)21/h3-4,10,13H,2,5-9,11-12H2,1H3,(H,22,25)/t13-/m1/s1. The zero-order valence-corrected chi connectivity index (χ0v) is 16.4. The van der Waals surface area contributed by atoms with E-state index in [1.165, 1.54) is 0 Å². The van der Waals surface area contributed by atoms with Gasteiger partial charge in [0.1, 0.15) is 0 Å². The molecule has 2 fully saturated rings. The fourth-order valence-electron chi connectivity index (χ4n) is 3.88. The van der Waals surface area contributed by atoms with E-state index in [0.29, 0.717) is 42.9 Å². The maximum atomic E-state index is 12.6. The molecule has 0 aliphatic carbocycles. The van der Waals surface area contributed by atoms with Crippen molar-refractivity contribution in [3.05, 3.63) is 33.8 Å². The van der Waals surface area contributed by atoms with Crippen LogP contribution in [0.3, 0.4) is 0 Å². The number of amides is 2. The van der Waals surface area contributed by atoms with Gasteiger partial charge in [0.15, 0.2) is 0 Å². The molecule has 1 aromatic carbocycles. The van der Waals surface area contributed by atoms with Gasteiger partial charge in [-0.2, -0.15) is 0 Å². The number of nitrogens with one attached hydrogen (secondary N) is 1. The Kier molecular flexibility index (Phi) is 6.10. The topological polar surface area (TPSA) is 58.6 Å². The summed E-state index contributed by atoms with van der Waals surface area (Å²) in [4.78, 5) is 26.2. The number of halogens is 2. The van der Waals surface area contributed by atoms with Crippen LogP contribution < -0.4 is 5.32 Å². The van der Waals surface area contributed by atoms with Crippen LogP contribution in [0, 0.1) is 5.92 Å². The van der Waals surface area contributed by atoms with Crippen LogP contribution in [0.2, 0.25) is 10.0 Å². The summed E-state index contributed by atoms with van der Waals surface area (Å²) in [6.07, 6.45) is 1.84. The van der Waals surface area contributed by atoms with Crippen LogP contribution in [-0.2, 0) is 19.7 Å². The van der Waals surface area contributed by atoms with Gasteiger partial charge in [-0.15, -0.1) is 0 Å². The second kappa shape index (κ2) is 8.15. The molecule has 0 radical (unpaired) electrons. The normalized spacial score (nSPS) is 22.5. The lowest BCUT2D eigenvalue weighted by Gasteiger charge is -2.38. The van der Waals surface area contributed by atoms with Crippen LogP contribution in [-0.4, -0.2) is 49.6 Å². The zero-order chi connectivity index (χ0) is 18.7. The first kappa shape index (κ1) is 19.5. The maximum absolute atomic E-state index is 12.6. The number of likely N-dealkylation sites (tertiary alicyclic amines) is 1. The van der Waals surface area contributed by atoms with E-state index in [4.69, 9.17) is 27.9 Å². The molecule has 2 aliphatic heterocycles. The molecule has 0 aromatic heterocycles. The molecular formula is C19H24Cl2N2O3. The summed E-state index contributed by atoms with van der Waals surface area (Å²) in [7, 11) is 0. The monoisotopic (exact) mass is 398 g/mol. The van der Waals surface area contributed by atoms with Crippen LogP contribution in [0.4, 0.5) is 0 Å². The van der Waals surface area contributed by atoms with Gasteiger partial charge in [0.05, 0.1) is 5.92 Å². The van der Waals surface area contributed by atoms with Crippen molar-refractivity contribution in [1.82, 2.24) is 10.2 Å². The molecule has 2 saturated heterocycles. The minimum Gasteiger partial charge on any atom is -0.381 e. The fourth-order valence-corrected chi connectivity index (χ4v) is 4.49. The predicted octanol–water partition coefficient (Wildman–Crippen LogP) is 3.03. The van der Waals surface area contributed by atoms with Crippen molar-refractivity contribution in [3.8, 4) is 0 Å². The van der Waals surface area contributed by atoms with Gasteiger partial charge in [0.2, 0.25) is 11.8 Å². The Bertz CT molecular complexity index is 689. The minimum atomic E-state index is -0.278. The van der Waals surface area contributed by atoms with Gasteiger partial charge in [-0.25, -0.2) is 0 Å². The van der Waals surface area contributed by atoms with E-state index >= 15 is 0 Å². The maximum Gasteiger partial charge on any atom is 0.225 e. The average Bonchev–Trinajstić information content (AvgIpc) is 3.01. The molecule has 0 spiro atoms. The van der Waals surface area contributed by atoms with Crippen molar-refractivity contribution in [2.75, 3.05) is 32.8 Å². The Balaban J connectivity index is 1.73. The molecular weight excluding hydrogens is 375 g/mol. The van der Waals surface area contributed by atoms with E-state index in [1.54, 1.807) is 11.0 Å². The highest BCUT2D eigenvalue weighted by molar-refractivity contribution is 6.35. The molecule has 2 heterocycles. The second-order valence-corrected chi connectivity index (χ2v) is 7.91. The zero-order valence-electron chi connectivity index (χ0n) is 14.9. The van der Waals surface area contributed by atoms with Crippen LogP contribution in [0.15, 0.2) is 18.2 Å². The van der Waals surface area contributed by atoms with Gasteiger partial charge in [0, 0.05) is 54.7 Å². The molecule has 0 unspecified atom stereocenters. The molecule has 2 amide bonds. The first-order chi connectivity index (χ1) is 12.4. The Labute approximate surface area is 164 Å². The SMILES string of the molecule is CCN1C[C@H](C(=O)NCC2(c3ccc(Cl)cc3Cl)CCOCC2)CC1=O. The Hall–Kier alpha value is -1.30. The van der Waals surface area contributed by atoms with Crippen molar-refractivity contribution in [2.24, 2.45) is 5.92 Å². The number of hydrogen-bond acceptors (Lipinski definition) is 3. The fraction of sp³-hybridized carbons (Fsp3) is 0.579. The number of carbonyl (C=O) groups excluding carboxylic acids is 2. The summed E-state index contributed by atoms with van der Waals surface area (Å²) < 4.78 is 5.53. The van der Waals surface area contributed by atoms with Crippen LogP contribution in [0.25, 0.3) is 0 Å². The van der Waals surface area contributed by atoms with E-state index in [9.17, 15) is 9.59 Å². The highest BCUT2D eigenvalue weighted by Gasteiger charge is 2.38. The third-order valence-electron chi connectivity index (χ3n) is 5.52. The summed E-state index contributed by atoms with van der Waals surface area (Å²) in [5.74, 6) is -0.292. The molecule has 142 valence electrons. The number of benzene rings is 1. The molecule has 0 bridgehead atoms. The first-order valence-corrected chi connectivity index (χ1v) is 9.79. The third-order valence-corrected chi connectivity index (χ3v) is 6.07. The third kappa shape index (κ3) is 4.00. The summed E-state index contributed by atoms with van der Waals surface area (Å²) in [6.45, 7) is 4.80. The molecule has 5 nitrogen and oxygen atoms in total. The van der Waals surface area contributed by atoms with Gasteiger partial charge in [-0.3, -0.25) is 9.59 Å². The van der Waals surface area contributed by atoms with Crippen LogP contribution in [0.1, 0.15) is 31.7 Å². The molecule has 26 heavy (non-hydrogen) atoms. The highest BCUT2D eigenvalue weighted by Crippen LogP contribution is 2.39. The van der Waals surface area contributed by atoms with E-state index in [1.807, 2.05) is 19.1 Å². The van der Waals surface area contributed by atoms with Crippen LogP contribution in [0.5, 0.6) is 0 Å². The smallest absolute Gasteiger partial charge is 0.225 e. The van der Waals surface area contributed by atoms with E-state index in [0.717, 1.165) is 18.4 Å². The second-order valence-electron chi connectivity index (χ2n) is 7.07. The number of nitrogens with zero attached hydrogens (tertiary/aromatic N) is 1. The number of rotatable bonds is 5. The molecule has 3 rings (SSSR count). The largest absolute Gasteiger partial charge is 0.381 e. The van der Waals surface area contributed by atoms with E-state index < -0.39 is 0 Å². The van der Waals surface area contributed by atoms with Crippen molar-refractivity contribution in [3.63, 3.8) is 0 Å². The lowest BCUT2D eigenvalue weighted by atomic mass is 9.74. The minimum absolute atomic E-state index is 0.0502. The molecule has 0 saturated carbocycles. The predicted molar refractivity (Wildman–Crippen MR) is 102 cm³/mol. The van der Waals surface area contributed by atoms with Gasteiger partial charge in [-0.1, -0.05) is 29.3 Å². The van der Waals surface area contributed by atoms with Crippen LogP contribution >= 0.6 is 23.2 Å². The lowest BCUT2D eigenvalue weighted by molar-refractivity contribution is -0.129. The van der Waals surface area contributed by atoms with Crippen molar-refractivity contribution >= 4 is 35.0 Å².